The Balaban J connectivity index is 1.67. The standard InChI is InChI=1S/C16H26N4O2/c21-14(11-12-7-3-1-2-4-8-12)20-10-6-5-9-13(20)15-17-16(22)19-18-15/h12-13H,1-11H2,(H2,17,18,19,22). The molecule has 1 atom stereocenters. The highest BCUT2D eigenvalue weighted by atomic mass is 16.2. The number of nitrogens with zero attached hydrogens (tertiary/aromatic N) is 2. The third kappa shape index (κ3) is 3.59. The summed E-state index contributed by atoms with van der Waals surface area (Å²) in [6, 6.07) is -0.0639. The lowest BCUT2D eigenvalue weighted by Crippen LogP contribution is -2.39. The van der Waals surface area contributed by atoms with Crippen LogP contribution in [0.25, 0.3) is 0 Å². The van der Waals surface area contributed by atoms with Gasteiger partial charge in [-0.3, -0.25) is 9.78 Å². The van der Waals surface area contributed by atoms with Gasteiger partial charge in [0.15, 0.2) is 5.82 Å². The van der Waals surface area contributed by atoms with Gasteiger partial charge in [0.2, 0.25) is 5.91 Å². The van der Waals surface area contributed by atoms with Crippen LogP contribution in [0.4, 0.5) is 0 Å². The van der Waals surface area contributed by atoms with Crippen molar-refractivity contribution in [1.29, 1.82) is 0 Å². The highest BCUT2D eigenvalue weighted by Crippen LogP contribution is 2.31. The van der Waals surface area contributed by atoms with Crippen LogP contribution in [0.1, 0.15) is 76.1 Å². The minimum Gasteiger partial charge on any atom is -0.332 e. The molecule has 1 aliphatic carbocycles. The molecular weight excluding hydrogens is 280 g/mol. The molecule has 6 heteroatoms. The van der Waals surface area contributed by atoms with Crippen molar-refractivity contribution in [1.82, 2.24) is 20.1 Å². The molecule has 2 heterocycles. The number of aromatic amines is 2. The third-order valence-electron chi connectivity index (χ3n) is 5.10. The van der Waals surface area contributed by atoms with E-state index < -0.39 is 0 Å². The summed E-state index contributed by atoms with van der Waals surface area (Å²) >= 11 is 0. The molecule has 1 unspecified atom stereocenters. The Morgan fingerprint density at radius 2 is 1.82 bits per heavy atom. The summed E-state index contributed by atoms with van der Waals surface area (Å²) < 4.78 is 0. The summed E-state index contributed by atoms with van der Waals surface area (Å²) in [5.41, 5.74) is -0.295. The van der Waals surface area contributed by atoms with Gasteiger partial charge in [0.25, 0.3) is 0 Å². The van der Waals surface area contributed by atoms with Crippen LogP contribution in [-0.4, -0.2) is 32.5 Å². The SMILES string of the molecule is O=C(CC1CCCCCC1)N1CCCCC1c1n[nH]c(=O)[nH]1. The van der Waals surface area contributed by atoms with Gasteiger partial charge in [-0.15, -0.1) is 0 Å². The minimum absolute atomic E-state index is 0.0639. The van der Waals surface area contributed by atoms with Gasteiger partial charge in [0.1, 0.15) is 0 Å². The molecule has 2 N–H and O–H groups in total. The number of carbonyl (C=O) groups is 1. The van der Waals surface area contributed by atoms with Crippen molar-refractivity contribution in [2.45, 2.75) is 70.3 Å². The summed E-state index contributed by atoms with van der Waals surface area (Å²) in [4.78, 5) is 28.7. The predicted octanol–water partition coefficient (Wildman–Crippen LogP) is 2.51. The number of hydrogen-bond donors (Lipinski definition) is 2. The number of likely N-dealkylation sites (tertiary alicyclic amines) is 1. The zero-order chi connectivity index (χ0) is 15.4. The van der Waals surface area contributed by atoms with E-state index in [1.165, 1.54) is 38.5 Å². The van der Waals surface area contributed by atoms with Crippen molar-refractivity contribution in [3.8, 4) is 0 Å². The van der Waals surface area contributed by atoms with E-state index >= 15 is 0 Å². The average Bonchev–Trinajstić information content (AvgIpc) is 2.80. The van der Waals surface area contributed by atoms with Gasteiger partial charge in [-0.2, -0.15) is 5.10 Å². The number of carbonyl (C=O) groups excluding carboxylic acids is 1. The van der Waals surface area contributed by atoms with Crippen molar-refractivity contribution in [2.24, 2.45) is 5.92 Å². The number of piperidine rings is 1. The molecule has 2 fully saturated rings. The second-order valence-corrected chi connectivity index (χ2v) is 6.72. The normalized spacial score (nSPS) is 24.2. The van der Waals surface area contributed by atoms with Crippen LogP contribution in [0, 0.1) is 5.92 Å². The van der Waals surface area contributed by atoms with Gasteiger partial charge in [0.05, 0.1) is 6.04 Å². The van der Waals surface area contributed by atoms with Crippen LogP contribution in [-0.2, 0) is 4.79 Å². The van der Waals surface area contributed by atoms with Crippen LogP contribution in [0.2, 0.25) is 0 Å². The zero-order valence-electron chi connectivity index (χ0n) is 13.1. The van der Waals surface area contributed by atoms with Crippen molar-refractivity contribution in [2.75, 3.05) is 6.54 Å². The molecule has 6 nitrogen and oxygen atoms in total. The van der Waals surface area contributed by atoms with E-state index in [0.29, 0.717) is 18.2 Å². The van der Waals surface area contributed by atoms with Crippen LogP contribution in [0.15, 0.2) is 4.79 Å². The molecule has 1 saturated heterocycles. The number of H-pyrrole nitrogens is 2. The van der Waals surface area contributed by atoms with Gasteiger partial charge in [0, 0.05) is 13.0 Å². The Bertz CT molecular complexity index is 542. The molecule has 0 spiro atoms. The summed E-state index contributed by atoms with van der Waals surface area (Å²) in [6.45, 7) is 0.783. The maximum absolute atomic E-state index is 12.8. The van der Waals surface area contributed by atoms with Crippen molar-refractivity contribution >= 4 is 5.91 Å². The second-order valence-electron chi connectivity index (χ2n) is 6.72. The van der Waals surface area contributed by atoms with Crippen LogP contribution in [0.3, 0.4) is 0 Å². The number of amides is 1. The Kier molecular flexibility index (Phi) is 4.95. The molecule has 1 aromatic rings. The van der Waals surface area contributed by atoms with E-state index in [1.54, 1.807) is 0 Å². The molecule has 0 aromatic carbocycles. The predicted molar refractivity (Wildman–Crippen MR) is 83.3 cm³/mol. The van der Waals surface area contributed by atoms with E-state index in [2.05, 4.69) is 15.2 Å². The Morgan fingerprint density at radius 1 is 1.09 bits per heavy atom. The van der Waals surface area contributed by atoms with E-state index in [-0.39, 0.29) is 17.6 Å². The van der Waals surface area contributed by atoms with Crippen molar-refractivity contribution in [3.05, 3.63) is 16.3 Å². The highest BCUT2D eigenvalue weighted by Gasteiger charge is 2.31. The Morgan fingerprint density at radius 3 is 2.50 bits per heavy atom. The first-order valence-electron chi connectivity index (χ1n) is 8.68. The monoisotopic (exact) mass is 306 g/mol. The van der Waals surface area contributed by atoms with Gasteiger partial charge in [-0.25, -0.2) is 9.89 Å². The van der Waals surface area contributed by atoms with E-state index in [4.69, 9.17) is 0 Å². The van der Waals surface area contributed by atoms with Crippen LogP contribution < -0.4 is 5.69 Å². The lowest BCUT2D eigenvalue weighted by atomic mass is 9.94. The van der Waals surface area contributed by atoms with Gasteiger partial charge in [-0.05, 0) is 38.0 Å². The first-order valence-corrected chi connectivity index (χ1v) is 8.68. The molecule has 122 valence electrons. The summed E-state index contributed by atoms with van der Waals surface area (Å²) in [6.07, 6.45) is 11.2. The first-order chi connectivity index (χ1) is 10.7. The number of hydrogen-bond acceptors (Lipinski definition) is 3. The maximum Gasteiger partial charge on any atom is 0.340 e. The topological polar surface area (TPSA) is 81.8 Å². The fourth-order valence-corrected chi connectivity index (χ4v) is 3.89. The third-order valence-corrected chi connectivity index (χ3v) is 5.10. The van der Waals surface area contributed by atoms with Crippen LogP contribution in [0.5, 0.6) is 0 Å². The molecule has 3 rings (SSSR count). The second kappa shape index (κ2) is 7.11. The Labute approximate surface area is 130 Å². The Hall–Kier alpha value is -1.59. The summed E-state index contributed by atoms with van der Waals surface area (Å²) in [7, 11) is 0. The lowest BCUT2D eigenvalue weighted by Gasteiger charge is -2.35. The van der Waals surface area contributed by atoms with Gasteiger partial charge < -0.3 is 4.90 Å². The molecular formula is C16H26N4O2. The molecule has 2 aliphatic rings. The van der Waals surface area contributed by atoms with Crippen molar-refractivity contribution in [3.63, 3.8) is 0 Å². The fourth-order valence-electron chi connectivity index (χ4n) is 3.89. The first kappa shape index (κ1) is 15.3. The number of rotatable bonds is 3. The van der Waals surface area contributed by atoms with Crippen molar-refractivity contribution < 1.29 is 4.79 Å². The summed E-state index contributed by atoms with van der Waals surface area (Å²) in [5.74, 6) is 1.38. The lowest BCUT2D eigenvalue weighted by molar-refractivity contribution is -0.136. The number of aromatic nitrogens is 3. The molecule has 1 saturated carbocycles. The fraction of sp³-hybridized carbons (Fsp3) is 0.812. The smallest absolute Gasteiger partial charge is 0.332 e. The van der Waals surface area contributed by atoms with E-state index in [0.717, 1.165) is 25.8 Å². The largest absolute Gasteiger partial charge is 0.340 e. The van der Waals surface area contributed by atoms with Gasteiger partial charge in [-0.1, -0.05) is 25.7 Å². The molecule has 0 radical (unpaired) electrons. The van der Waals surface area contributed by atoms with E-state index in [9.17, 15) is 9.59 Å². The zero-order valence-corrected chi connectivity index (χ0v) is 13.1. The van der Waals surface area contributed by atoms with Crippen LogP contribution >= 0.6 is 0 Å². The molecule has 22 heavy (non-hydrogen) atoms. The molecule has 1 amide bonds. The quantitative estimate of drug-likeness (QED) is 0.842. The molecule has 1 aliphatic heterocycles. The average molecular weight is 306 g/mol. The van der Waals surface area contributed by atoms with Gasteiger partial charge >= 0.3 is 5.69 Å². The highest BCUT2D eigenvalue weighted by molar-refractivity contribution is 5.77. The molecule has 1 aromatic heterocycles. The minimum atomic E-state index is -0.295. The molecule has 0 bridgehead atoms. The van der Waals surface area contributed by atoms with E-state index in [1.807, 2.05) is 4.90 Å². The maximum atomic E-state index is 12.8. The number of nitrogens with one attached hydrogen (secondary N) is 2. The summed E-state index contributed by atoms with van der Waals surface area (Å²) in [5, 5.41) is 6.46.